The van der Waals surface area contributed by atoms with Crippen LogP contribution in [0.2, 0.25) is 0 Å². The zero-order valence-electron chi connectivity index (χ0n) is 15.0. The van der Waals surface area contributed by atoms with Crippen LogP contribution in [0.4, 0.5) is 0 Å². The predicted octanol–water partition coefficient (Wildman–Crippen LogP) is 2.75. The molecule has 26 heavy (non-hydrogen) atoms. The van der Waals surface area contributed by atoms with Crippen LogP contribution in [0.15, 0.2) is 48.5 Å². The molecule has 0 aliphatic carbocycles. The van der Waals surface area contributed by atoms with Crippen molar-refractivity contribution in [3.05, 3.63) is 59.7 Å². The summed E-state index contributed by atoms with van der Waals surface area (Å²) in [5.41, 5.74) is 1.87. The minimum absolute atomic E-state index is 0.0142. The van der Waals surface area contributed by atoms with E-state index in [1.807, 2.05) is 43.3 Å². The van der Waals surface area contributed by atoms with Gasteiger partial charge in [0.2, 0.25) is 5.91 Å². The van der Waals surface area contributed by atoms with Gasteiger partial charge in [-0.1, -0.05) is 24.3 Å². The fraction of sp³-hybridized carbons (Fsp3) is 0.300. The normalized spacial score (nSPS) is 10.2. The van der Waals surface area contributed by atoms with Crippen molar-refractivity contribution < 1.29 is 24.2 Å². The van der Waals surface area contributed by atoms with E-state index in [0.717, 1.165) is 16.9 Å². The molecule has 0 unspecified atom stereocenters. The van der Waals surface area contributed by atoms with Crippen molar-refractivity contribution in [2.75, 3.05) is 20.3 Å². The van der Waals surface area contributed by atoms with E-state index < -0.39 is 5.97 Å². The molecule has 2 rings (SSSR count). The SMILES string of the molecule is CCOc1ccc(CC(=O)N(C)Cc2ccc(OCC(=O)O)cc2)cc1. The average Bonchev–Trinajstić information content (AvgIpc) is 2.63. The van der Waals surface area contributed by atoms with Gasteiger partial charge in [0, 0.05) is 13.6 Å². The van der Waals surface area contributed by atoms with Crippen LogP contribution in [0.1, 0.15) is 18.1 Å². The molecular formula is C20H23NO5. The van der Waals surface area contributed by atoms with Crippen molar-refractivity contribution >= 4 is 11.9 Å². The van der Waals surface area contributed by atoms with E-state index in [9.17, 15) is 9.59 Å². The minimum Gasteiger partial charge on any atom is -0.494 e. The van der Waals surface area contributed by atoms with E-state index in [4.69, 9.17) is 14.6 Å². The second kappa shape index (κ2) is 9.46. The summed E-state index contributed by atoms with van der Waals surface area (Å²) >= 11 is 0. The molecule has 138 valence electrons. The number of hydrogen-bond donors (Lipinski definition) is 1. The Labute approximate surface area is 153 Å². The molecule has 6 nitrogen and oxygen atoms in total. The lowest BCUT2D eigenvalue weighted by molar-refractivity contribution is -0.139. The molecule has 2 aromatic rings. The zero-order valence-corrected chi connectivity index (χ0v) is 15.0. The Morgan fingerprint density at radius 2 is 1.46 bits per heavy atom. The number of aliphatic carboxylic acids is 1. The van der Waals surface area contributed by atoms with E-state index in [-0.39, 0.29) is 12.5 Å². The molecule has 0 saturated heterocycles. The summed E-state index contributed by atoms with van der Waals surface area (Å²) in [4.78, 5) is 24.5. The predicted molar refractivity (Wildman–Crippen MR) is 97.4 cm³/mol. The fourth-order valence-electron chi connectivity index (χ4n) is 2.38. The van der Waals surface area contributed by atoms with Gasteiger partial charge in [0.1, 0.15) is 11.5 Å². The molecule has 0 heterocycles. The Kier molecular flexibility index (Phi) is 7.02. The maximum Gasteiger partial charge on any atom is 0.341 e. The van der Waals surface area contributed by atoms with Crippen LogP contribution in [-0.4, -0.2) is 42.1 Å². The van der Waals surface area contributed by atoms with Crippen molar-refractivity contribution in [2.45, 2.75) is 19.9 Å². The molecule has 0 saturated carbocycles. The van der Waals surface area contributed by atoms with E-state index >= 15 is 0 Å². The topological polar surface area (TPSA) is 76.1 Å². The number of ether oxygens (including phenoxy) is 2. The van der Waals surface area contributed by atoms with Gasteiger partial charge in [-0.25, -0.2) is 4.79 Å². The number of benzene rings is 2. The molecular weight excluding hydrogens is 334 g/mol. The van der Waals surface area contributed by atoms with Crippen molar-refractivity contribution in [2.24, 2.45) is 0 Å². The van der Waals surface area contributed by atoms with Crippen molar-refractivity contribution in [3.8, 4) is 11.5 Å². The number of carbonyl (C=O) groups excluding carboxylic acids is 1. The third kappa shape index (κ3) is 6.12. The lowest BCUT2D eigenvalue weighted by Crippen LogP contribution is -2.27. The molecule has 6 heteroatoms. The van der Waals surface area contributed by atoms with Gasteiger partial charge in [-0.2, -0.15) is 0 Å². The Morgan fingerprint density at radius 1 is 0.923 bits per heavy atom. The van der Waals surface area contributed by atoms with Crippen molar-refractivity contribution in [1.82, 2.24) is 4.90 Å². The number of amides is 1. The highest BCUT2D eigenvalue weighted by Gasteiger charge is 2.11. The van der Waals surface area contributed by atoms with E-state index in [1.165, 1.54) is 0 Å². The lowest BCUT2D eigenvalue weighted by atomic mass is 10.1. The Balaban J connectivity index is 1.86. The van der Waals surface area contributed by atoms with Gasteiger partial charge in [-0.05, 0) is 42.3 Å². The van der Waals surface area contributed by atoms with Crippen molar-refractivity contribution in [1.29, 1.82) is 0 Å². The van der Waals surface area contributed by atoms with Crippen LogP contribution in [-0.2, 0) is 22.6 Å². The van der Waals surface area contributed by atoms with Crippen LogP contribution in [0.3, 0.4) is 0 Å². The second-order valence-corrected chi connectivity index (χ2v) is 5.83. The maximum absolute atomic E-state index is 12.4. The quantitative estimate of drug-likeness (QED) is 0.747. The molecule has 0 aromatic heterocycles. The largest absolute Gasteiger partial charge is 0.494 e. The maximum atomic E-state index is 12.4. The Morgan fingerprint density at radius 3 is 2.00 bits per heavy atom. The standard InChI is InChI=1S/C20H23NO5/c1-3-25-17-8-4-15(5-9-17)12-19(22)21(2)13-16-6-10-18(11-7-16)26-14-20(23)24/h4-11H,3,12-14H2,1-2H3,(H,23,24). The highest BCUT2D eigenvalue weighted by atomic mass is 16.5. The summed E-state index contributed by atoms with van der Waals surface area (Å²) in [5.74, 6) is 0.274. The molecule has 0 fully saturated rings. The molecule has 2 aromatic carbocycles. The van der Waals surface area contributed by atoms with Crippen LogP contribution in [0, 0.1) is 0 Å². The van der Waals surface area contributed by atoms with Gasteiger partial charge in [-0.15, -0.1) is 0 Å². The number of carboxylic acid groups (broad SMARTS) is 1. The Hall–Kier alpha value is -3.02. The van der Waals surface area contributed by atoms with Crippen LogP contribution in [0.5, 0.6) is 11.5 Å². The highest BCUT2D eigenvalue weighted by molar-refractivity contribution is 5.78. The van der Waals surface area contributed by atoms with Crippen molar-refractivity contribution in [3.63, 3.8) is 0 Å². The van der Waals surface area contributed by atoms with Crippen LogP contribution < -0.4 is 9.47 Å². The molecule has 0 atom stereocenters. The Bertz CT molecular complexity index is 725. The van der Waals surface area contributed by atoms with E-state index in [1.54, 1.807) is 24.1 Å². The van der Waals surface area contributed by atoms with Gasteiger partial charge in [0.25, 0.3) is 0 Å². The first-order chi connectivity index (χ1) is 12.5. The molecule has 0 bridgehead atoms. The number of hydrogen-bond acceptors (Lipinski definition) is 4. The number of carbonyl (C=O) groups is 2. The first kappa shape index (κ1) is 19.3. The number of likely N-dealkylation sites (N-methyl/N-ethyl adjacent to an activating group) is 1. The summed E-state index contributed by atoms with van der Waals surface area (Å²) in [6.45, 7) is 2.63. The van der Waals surface area contributed by atoms with E-state index in [0.29, 0.717) is 25.3 Å². The zero-order chi connectivity index (χ0) is 18.9. The molecule has 0 aliphatic heterocycles. The lowest BCUT2D eigenvalue weighted by Gasteiger charge is -2.18. The van der Waals surface area contributed by atoms with Gasteiger partial charge in [0.05, 0.1) is 13.0 Å². The van der Waals surface area contributed by atoms with Gasteiger partial charge >= 0.3 is 5.97 Å². The summed E-state index contributed by atoms with van der Waals surface area (Å²) < 4.78 is 10.5. The first-order valence-electron chi connectivity index (χ1n) is 8.37. The van der Waals surface area contributed by atoms with Crippen LogP contribution >= 0.6 is 0 Å². The third-order valence-corrected chi connectivity index (χ3v) is 3.72. The number of rotatable bonds is 9. The highest BCUT2D eigenvalue weighted by Crippen LogP contribution is 2.15. The van der Waals surface area contributed by atoms with Crippen LogP contribution in [0.25, 0.3) is 0 Å². The average molecular weight is 357 g/mol. The molecule has 0 aliphatic rings. The smallest absolute Gasteiger partial charge is 0.341 e. The molecule has 1 N–H and O–H groups in total. The fourth-order valence-corrected chi connectivity index (χ4v) is 2.38. The summed E-state index contributed by atoms with van der Waals surface area (Å²) in [5, 5.41) is 8.60. The third-order valence-electron chi connectivity index (χ3n) is 3.72. The minimum atomic E-state index is -1.02. The molecule has 0 spiro atoms. The van der Waals surface area contributed by atoms with E-state index in [2.05, 4.69) is 0 Å². The second-order valence-electron chi connectivity index (χ2n) is 5.83. The van der Waals surface area contributed by atoms with Gasteiger partial charge < -0.3 is 19.5 Å². The number of carboxylic acids is 1. The summed E-state index contributed by atoms with van der Waals surface area (Å²) in [7, 11) is 1.76. The molecule has 0 radical (unpaired) electrons. The molecule has 1 amide bonds. The number of nitrogens with zero attached hydrogens (tertiary/aromatic N) is 1. The first-order valence-corrected chi connectivity index (χ1v) is 8.37. The summed E-state index contributed by atoms with van der Waals surface area (Å²) in [6.07, 6.45) is 0.322. The monoisotopic (exact) mass is 357 g/mol. The van der Waals surface area contributed by atoms with Gasteiger partial charge in [0.15, 0.2) is 6.61 Å². The van der Waals surface area contributed by atoms with Gasteiger partial charge in [-0.3, -0.25) is 4.79 Å². The summed E-state index contributed by atoms with van der Waals surface area (Å²) in [6, 6.07) is 14.5.